The number of nitrogens with zero attached hydrogens (tertiary/aromatic N) is 3. The van der Waals surface area contributed by atoms with E-state index in [0.717, 1.165) is 12.8 Å². The van der Waals surface area contributed by atoms with E-state index in [0.29, 0.717) is 43.1 Å². The molecule has 0 unspecified atom stereocenters. The van der Waals surface area contributed by atoms with Crippen molar-refractivity contribution < 1.29 is 23.4 Å². The van der Waals surface area contributed by atoms with Crippen molar-refractivity contribution in [3.63, 3.8) is 0 Å². The van der Waals surface area contributed by atoms with Crippen LogP contribution in [0, 0.1) is 5.82 Å². The molecule has 0 saturated carbocycles. The number of rotatable bonds is 7. The largest absolute Gasteiger partial charge is 0.501 e. The Hall–Kier alpha value is -2.47. The molecular weight excluding hydrogens is 427 g/mol. The normalized spacial score (nSPS) is 17.3. The zero-order valence-electron chi connectivity index (χ0n) is 17.3. The van der Waals surface area contributed by atoms with Crippen molar-refractivity contribution in [3.8, 4) is 5.75 Å². The Kier molecular flexibility index (Phi) is 7.31. The van der Waals surface area contributed by atoms with Crippen molar-refractivity contribution in [1.82, 2.24) is 19.2 Å². The summed E-state index contributed by atoms with van der Waals surface area (Å²) >= 11 is 0. The second-order valence-corrected chi connectivity index (χ2v) is 9.66. The number of benzene rings is 1. The molecule has 1 aromatic carbocycles. The molecule has 4 N–H and O–H groups in total. The van der Waals surface area contributed by atoms with Gasteiger partial charge in [0.15, 0.2) is 5.69 Å². The van der Waals surface area contributed by atoms with Crippen LogP contribution in [0.1, 0.15) is 41.1 Å². The number of halogens is 1. The van der Waals surface area contributed by atoms with Crippen LogP contribution in [0.5, 0.6) is 5.75 Å². The Morgan fingerprint density at radius 1 is 1.26 bits per heavy atom. The maximum atomic E-state index is 13.0. The third kappa shape index (κ3) is 5.62. The Morgan fingerprint density at radius 2 is 1.97 bits per heavy atom. The third-order valence-electron chi connectivity index (χ3n) is 5.24. The Bertz CT molecular complexity index is 996. The third-order valence-corrected chi connectivity index (χ3v) is 7.27. The van der Waals surface area contributed by atoms with E-state index in [2.05, 4.69) is 10.3 Å². The van der Waals surface area contributed by atoms with Crippen molar-refractivity contribution in [3.05, 3.63) is 57.5 Å². The number of amides is 1. The minimum Gasteiger partial charge on any atom is -0.501 e. The molecule has 0 spiro atoms. The molecule has 1 aliphatic heterocycles. The Morgan fingerprint density at radius 3 is 2.65 bits per heavy atom. The molecule has 0 aliphatic carbocycles. The van der Waals surface area contributed by atoms with Crippen LogP contribution in [0.15, 0.2) is 29.1 Å². The smallest absolute Gasteiger partial charge is 0.296 e. The van der Waals surface area contributed by atoms with E-state index in [4.69, 9.17) is 0 Å². The maximum absolute atomic E-state index is 13.0. The predicted molar refractivity (Wildman–Crippen MR) is 116 cm³/mol. The Labute approximate surface area is 181 Å². The minimum atomic E-state index is -2.74. The molecule has 2 heterocycles. The average Bonchev–Trinajstić information content (AvgIpc) is 2.74. The zero-order chi connectivity index (χ0) is 22.6. The highest BCUT2D eigenvalue weighted by atomic mass is 32.3. The summed E-state index contributed by atoms with van der Waals surface area (Å²) < 4.78 is 36.1. The maximum Gasteiger partial charge on any atom is 0.296 e. The van der Waals surface area contributed by atoms with Gasteiger partial charge in [-0.25, -0.2) is 13.7 Å². The summed E-state index contributed by atoms with van der Waals surface area (Å²) in [6, 6.07) is 5.57. The molecule has 9 nitrogen and oxygen atoms in total. The fraction of sp³-hybridized carbons (Fsp3) is 0.450. The van der Waals surface area contributed by atoms with Gasteiger partial charge in [0.25, 0.3) is 11.5 Å². The Balaban J connectivity index is 1.68. The first kappa shape index (κ1) is 23.2. The van der Waals surface area contributed by atoms with Crippen LogP contribution in [0.2, 0.25) is 0 Å². The molecule has 1 saturated heterocycles. The lowest BCUT2D eigenvalue weighted by Crippen LogP contribution is -2.35. The van der Waals surface area contributed by atoms with E-state index >= 15 is 0 Å². The summed E-state index contributed by atoms with van der Waals surface area (Å²) in [6.45, 7) is 1.10. The highest BCUT2D eigenvalue weighted by molar-refractivity contribution is 8.22. The van der Waals surface area contributed by atoms with Crippen LogP contribution in [0.3, 0.4) is 0 Å². The van der Waals surface area contributed by atoms with Gasteiger partial charge in [0, 0.05) is 33.1 Å². The fourth-order valence-electron chi connectivity index (χ4n) is 3.42. The average molecular weight is 455 g/mol. The van der Waals surface area contributed by atoms with Gasteiger partial charge in [-0.1, -0.05) is 12.1 Å². The number of hydrogen-bond donors (Lipinski definition) is 4. The minimum absolute atomic E-state index is 0.0809. The lowest BCUT2D eigenvalue weighted by molar-refractivity contribution is 0.0941. The van der Waals surface area contributed by atoms with Gasteiger partial charge in [-0.2, -0.15) is 0 Å². The van der Waals surface area contributed by atoms with Crippen molar-refractivity contribution in [2.45, 2.75) is 32.2 Å². The zero-order valence-corrected chi connectivity index (χ0v) is 18.1. The standard InChI is InChI=1S/C20H27FN4O5S/c1-24-16(5-4-11-25-10-2-3-12-31(25,29)30)23-17(18(26)20(24)28)19(27)22-13-14-6-8-15(21)9-7-14/h6-9,26,29-30H,2-5,10-13H2,1H3,(H,22,27). The van der Waals surface area contributed by atoms with Crippen LogP contribution in [-0.2, 0) is 20.0 Å². The molecule has 1 amide bonds. The number of nitrogens with one attached hydrogen (secondary N) is 1. The lowest BCUT2D eigenvalue weighted by Gasteiger charge is -2.46. The molecule has 1 aliphatic rings. The fourth-order valence-corrected chi connectivity index (χ4v) is 5.11. The summed E-state index contributed by atoms with van der Waals surface area (Å²) in [4.78, 5) is 29.0. The summed E-state index contributed by atoms with van der Waals surface area (Å²) in [5.41, 5.74) is -0.458. The van der Waals surface area contributed by atoms with E-state index in [-0.39, 0.29) is 12.2 Å². The highest BCUT2D eigenvalue weighted by Gasteiger charge is 2.26. The molecule has 1 aromatic heterocycles. The van der Waals surface area contributed by atoms with Gasteiger partial charge in [-0.05, 0) is 37.0 Å². The van der Waals surface area contributed by atoms with Crippen LogP contribution >= 0.6 is 10.8 Å². The van der Waals surface area contributed by atoms with Crippen molar-refractivity contribution in [2.24, 2.45) is 7.05 Å². The van der Waals surface area contributed by atoms with Crippen LogP contribution < -0.4 is 10.9 Å². The van der Waals surface area contributed by atoms with Gasteiger partial charge in [-0.3, -0.25) is 23.3 Å². The SMILES string of the molecule is Cn1c(CCCN2CCCCS2(O)O)nc(C(=O)NCc2ccc(F)cc2)c(O)c1=O. The van der Waals surface area contributed by atoms with Crippen molar-refractivity contribution in [2.75, 3.05) is 18.8 Å². The molecule has 1 fully saturated rings. The molecule has 0 bridgehead atoms. The van der Waals surface area contributed by atoms with E-state index in [1.54, 1.807) is 4.31 Å². The van der Waals surface area contributed by atoms with Crippen LogP contribution in [0.4, 0.5) is 4.39 Å². The number of aromatic hydroxyl groups is 1. The summed E-state index contributed by atoms with van der Waals surface area (Å²) in [5, 5.41) is 12.7. The second-order valence-electron chi connectivity index (χ2n) is 7.47. The quantitative estimate of drug-likeness (QED) is 0.505. The monoisotopic (exact) mass is 454 g/mol. The molecule has 0 radical (unpaired) electrons. The molecule has 3 rings (SSSR count). The van der Waals surface area contributed by atoms with Gasteiger partial charge in [0.05, 0.1) is 5.75 Å². The van der Waals surface area contributed by atoms with Gasteiger partial charge < -0.3 is 10.4 Å². The molecule has 0 atom stereocenters. The number of hydrogen-bond acceptors (Lipinski definition) is 7. The number of carbonyl (C=O) groups is 1. The van der Waals surface area contributed by atoms with Crippen molar-refractivity contribution >= 4 is 16.7 Å². The molecule has 11 heteroatoms. The first-order valence-electron chi connectivity index (χ1n) is 10.0. The van der Waals surface area contributed by atoms with Gasteiger partial charge >= 0.3 is 0 Å². The predicted octanol–water partition coefficient (Wildman–Crippen LogP) is 2.25. The van der Waals surface area contributed by atoms with E-state index in [1.807, 2.05) is 0 Å². The number of carbonyl (C=O) groups excluding carboxylic acids is 1. The summed E-state index contributed by atoms with van der Waals surface area (Å²) in [6.07, 6.45) is 2.49. The summed E-state index contributed by atoms with van der Waals surface area (Å²) in [7, 11) is -1.29. The van der Waals surface area contributed by atoms with Crippen LogP contribution in [-0.4, -0.2) is 52.8 Å². The van der Waals surface area contributed by atoms with Gasteiger partial charge in [-0.15, -0.1) is 10.8 Å². The topological polar surface area (TPSA) is 128 Å². The molecular formula is C20H27FN4O5S. The van der Waals surface area contributed by atoms with Crippen molar-refractivity contribution in [1.29, 1.82) is 0 Å². The number of aromatic nitrogens is 2. The first-order valence-corrected chi connectivity index (χ1v) is 11.7. The molecule has 170 valence electrons. The molecule has 31 heavy (non-hydrogen) atoms. The second kappa shape index (κ2) is 9.77. The highest BCUT2D eigenvalue weighted by Crippen LogP contribution is 2.46. The van der Waals surface area contributed by atoms with E-state index < -0.39 is 33.8 Å². The lowest BCUT2D eigenvalue weighted by atomic mass is 10.2. The number of aryl methyl sites for hydroxylation is 1. The van der Waals surface area contributed by atoms with Gasteiger partial charge in [0.2, 0.25) is 5.75 Å². The van der Waals surface area contributed by atoms with Crippen LogP contribution in [0.25, 0.3) is 0 Å². The van der Waals surface area contributed by atoms with Gasteiger partial charge in [0.1, 0.15) is 11.6 Å². The summed E-state index contributed by atoms with van der Waals surface area (Å²) in [5.74, 6) is -1.18. The molecule has 2 aromatic rings. The van der Waals surface area contributed by atoms with E-state index in [1.165, 1.54) is 35.9 Å². The van der Waals surface area contributed by atoms with E-state index in [9.17, 15) is 28.2 Å². The first-order chi connectivity index (χ1) is 14.7.